The van der Waals surface area contributed by atoms with Crippen molar-refractivity contribution in [2.75, 3.05) is 0 Å². The van der Waals surface area contributed by atoms with Crippen LogP contribution in [-0.2, 0) is 9.59 Å². The Morgan fingerprint density at radius 3 is 2.78 bits per heavy atom. The molecule has 0 aliphatic carbocycles. The zero-order chi connectivity index (χ0) is 13.1. The normalized spacial score (nSPS) is 19.3. The number of carbonyl (C=O) groups is 3. The average Bonchev–Trinajstić information content (AvgIpc) is 2.33. The average molecular weight is 248 g/mol. The van der Waals surface area contributed by atoms with Gasteiger partial charge in [0.1, 0.15) is 11.7 Å². The van der Waals surface area contributed by atoms with E-state index in [9.17, 15) is 14.4 Å². The first-order valence-electron chi connectivity index (χ1n) is 5.49. The molecular weight excluding hydrogens is 236 g/mol. The van der Waals surface area contributed by atoms with Crippen LogP contribution < -0.4 is 10.6 Å². The minimum Gasteiger partial charge on any atom is -0.339 e. The van der Waals surface area contributed by atoms with Crippen LogP contribution in [0.5, 0.6) is 0 Å². The third-order valence-corrected chi connectivity index (χ3v) is 2.56. The number of amides is 3. The van der Waals surface area contributed by atoms with Gasteiger partial charge in [-0.3, -0.25) is 24.7 Å². The van der Waals surface area contributed by atoms with Crippen LogP contribution >= 0.6 is 0 Å². The highest BCUT2D eigenvalue weighted by Gasteiger charge is 2.28. The molecule has 1 fully saturated rings. The summed E-state index contributed by atoms with van der Waals surface area (Å²) in [4.78, 5) is 42.0. The summed E-state index contributed by atoms with van der Waals surface area (Å²) in [6, 6.07) is -0.696. The summed E-state index contributed by atoms with van der Waals surface area (Å²) in [6.45, 7) is 1.76. The smallest absolute Gasteiger partial charge is 0.272 e. The number of piperidine rings is 1. The van der Waals surface area contributed by atoms with Crippen molar-refractivity contribution >= 4 is 17.7 Å². The van der Waals surface area contributed by atoms with Gasteiger partial charge < -0.3 is 5.32 Å². The second-order valence-corrected chi connectivity index (χ2v) is 4.02. The van der Waals surface area contributed by atoms with Crippen molar-refractivity contribution in [2.45, 2.75) is 25.8 Å². The largest absolute Gasteiger partial charge is 0.339 e. The highest BCUT2D eigenvalue weighted by atomic mass is 16.2. The molecule has 1 aliphatic heterocycles. The van der Waals surface area contributed by atoms with E-state index in [-0.39, 0.29) is 18.0 Å². The quantitative estimate of drug-likeness (QED) is 0.675. The summed E-state index contributed by atoms with van der Waals surface area (Å²) in [5, 5.41) is 4.69. The number of hydrogen-bond acceptors (Lipinski definition) is 5. The summed E-state index contributed by atoms with van der Waals surface area (Å²) in [5.41, 5.74) is 0.845. The van der Waals surface area contributed by atoms with Gasteiger partial charge in [-0.05, 0) is 13.3 Å². The van der Waals surface area contributed by atoms with Crippen LogP contribution in [0.15, 0.2) is 12.4 Å². The van der Waals surface area contributed by atoms with E-state index in [1.165, 1.54) is 12.4 Å². The van der Waals surface area contributed by atoms with Gasteiger partial charge in [0.05, 0.1) is 11.9 Å². The van der Waals surface area contributed by atoms with E-state index in [0.29, 0.717) is 12.1 Å². The number of carbonyl (C=O) groups excluding carboxylic acids is 3. The van der Waals surface area contributed by atoms with Crippen molar-refractivity contribution in [2.24, 2.45) is 0 Å². The lowest BCUT2D eigenvalue weighted by atomic mass is 10.1. The topological polar surface area (TPSA) is 101 Å². The van der Waals surface area contributed by atoms with Gasteiger partial charge in [0, 0.05) is 12.6 Å². The molecule has 2 heterocycles. The second-order valence-electron chi connectivity index (χ2n) is 4.02. The van der Waals surface area contributed by atoms with Gasteiger partial charge in [-0.15, -0.1) is 0 Å². The molecule has 1 aromatic heterocycles. The zero-order valence-corrected chi connectivity index (χ0v) is 9.77. The molecule has 0 aromatic carbocycles. The number of aryl methyl sites for hydroxylation is 1. The van der Waals surface area contributed by atoms with Gasteiger partial charge >= 0.3 is 0 Å². The van der Waals surface area contributed by atoms with E-state index < -0.39 is 17.9 Å². The van der Waals surface area contributed by atoms with Gasteiger partial charge in [0.15, 0.2) is 0 Å². The molecule has 0 spiro atoms. The molecule has 0 radical (unpaired) electrons. The van der Waals surface area contributed by atoms with Gasteiger partial charge in [-0.25, -0.2) is 4.98 Å². The molecule has 18 heavy (non-hydrogen) atoms. The Labute approximate surface area is 103 Å². The zero-order valence-electron chi connectivity index (χ0n) is 9.77. The lowest BCUT2D eigenvalue weighted by Crippen LogP contribution is -2.52. The summed E-state index contributed by atoms with van der Waals surface area (Å²) in [7, 11) is 0. The van der Waals surface area contributed by atoms with Crippen LogP contribution in [0.4, 0.5) is 0 Å². The van der Waals surface area contributed by atoms with E-state index in [1.807, 2.05) is 0 Å². The number of aromatic nitrogens is 2. The van der Waals surface area contributed by atoms with Crippen LogP contribution in [0.25, 0.3) is 0 Å². The standard InChI is InChI=1S/C11H12N4O3/c1-6-4-13-8(5-12-6)11(18)14-7-2-3-9(16)15-10(7)17/h4-5,7H,2-3H2,1H3,(H,14,18)(H,15,16,17). The first-order chi connectivity index (χ1) is 8.56. The fraction of sp³-hybridized carbons (Fsp3) is 0.364. The van der Waals surface area contributed by atoms with E-state index in [1.54, 1.807) is 6.92 Å². The molecule has 0 saturated carbocycles. The monoisotopic (exact) mass is 248 g/mol. The molecular formula is C11H12N4O3. The molecule has 3 amide bonds. The van der Waals surface area contributed by atoms with Crippen molar-refractivity contribution in [1.82, 2.24) is 20.6 Å². The summed E-state index contributed by atoms with van der Waals surface area (Å²) >= 11 is 0. The Bertz CT molecular complexity index is 498. The molecule has 94 valence electrons. The van der Waals surface area contributed by atoms with Crippen LogP contribution in [0, 0.1) is 6.92 Å². The number of hydrogen-bond donors (Lipinski definition) is 2. The number of rotatable bonds is 2. The summed E-state index contributed by atoms with van der Waals surface area (Å²) in [5.74, 6) is -1.28. The van der Waals surface area contributed by atoms with Crippen molar-refractivity contribution in [3.63, 3.8) is 0 Å². The van der Waals surface area contributed by atoms with Crippen molar-refractivity contribution < 1.29 is 14.4 Å². The lowest BCUT2D eigenvalue weighted by Gasteiger charge is -2.21. The van der Waals surface area contributed by atoms with Gasteiger partial charge in [-0.1, -0.05) is 0 Å². The Morgan fingerprint density at radius 1 is 1.39 bits per heavy atom. The molecule has 1 saturated heterocycles. The van der Waals surface area contributed by atoms with Crippen LogP contribution in [0.3, 0.4) is 0 Å². The van der Waals surface area contributed by atoms with Gasteiger partial charge in [0.25, 0.3) is 5.91 Å². The fourth-order valence-corrected chi connectivity index (χ4v) is 1.57. The molecule has 2 N–H and O–H groups in total. The molecule has 0 bridgehead atoms. The van der Waals surface area contributed by atoms with Crippen LogP contribution in [-0.4, -0.2) is 33.7 Å². The van der Waals surface area contributed by atoms with E-state index in [2.05, 4.69) is 20.6 Å². The molecule has 1 unspecified atom stereocenters. The summed E-state index contributed by atoms with van der Waals surface area (Å²) in [6.07, 6.45) is 3.34. The Balaban J connectivity index is 2.01. The lowest BCUT2D eigenvalue weighted by molar-refractivity contribution is -0.134. The highest BCUT2D eigenvalue weighted by Crippen LogP contribution is 2.05. The maximum atomic E-state index is 11.8. The molecule has 1 aromatic rings. The number of nitrogens with zero attached hydrogens (tertiary/aromatic N) is 2. The van der Waals surface area contributed by atoms with Crippen LogP contribution in [0.2, 0.25) is 0 Å². The predicted octanol–water partition coefficient (Wildman–Crippen LogP) is -0.680. The van der Waals surface area contributed by atoms with E-state index >= 15 is 0 Å². The molecule has 1 aliphatic rings. The maximum Gasteiger partial charge on any atom is 0.272 e. The van der Waals surface area contributed by atoms with Gasteiger partial charge in [-0.2, -0.15) is 0 Å². The second kappa shape index (κ2) is 4.91. The first-order valence-corrected chi connectivity index (χ1v) is 5.49. The third kappa shape index (κ3) is 2.68. The third-order valence-electron chi connectivity index (χ3n) is 2.56. The molecule has 1 atom stereocenters. The highest BCUT2D eigenvalue weighted by molar-refractivity contribution is 6.03. The fourth-order valence-electron chi connectivity index (χ4n) is 1.57. The Morgan fingerprint density at radius 2 is 2.17 bits per heavy atom. The van der Waals surface area contributed by atoms with Crippen molar-refractivity contribution in [3.05, 3.63) is 23.8 Å². The number of nitrogens with one attached hydrogen (secondary N) is 2. The maximum absolute atomic E-state index is 11.8. The molecule has 2 rings (SSSR count). The van der Waals surface area contributed by atoms with E-state index in [0.717, 1.165) is 0 Å². The Kier molecular flexibility index (Phi) is 3.31. The summed E-state index contributed by atoms with van der Waals surface area (Å²) < 4.78 is 0. The molecule has 7 heteroatoms. The van der Waals surface area contributed by atoms with Gasteiger partial charge in [0.2, 0.25) is 11.8 Å². The van der Waals surface area contributed by atoms with Crippen molar-refractivity contribution in [3.8, 4) is 0 Å². The SMILES string of the molecule is Cc1cnc(C(=O)NC2CCC(=O)NC2=O)cn1. The predicted molar refractivity (Wildman–Crippen MR) is 60.4 cm³/mol. The van der Waals surface area contributed by atoms with E-state index in [4.69, 9.17) is 0 Å². The van der Waals surface area contributed by atoms with Crippen LogP contribution in [0.1, 0.15) is 29.0 Å². The minimum absolute atomic E-state index is 0.144. The molecule has 7 nitrogen and oxygen atoms in total. The Hall–Kier alpha value is -2.31. The minimum atomic E-state index is -0.696. The number of imide groups is 1. The first kappa shape index (κ1) is 12.2. The van der Waals surface area contributed by atoms with Crippen molar-refractivity contribution in [1.29, 1.82) is 0 Å².